The maximum Gasteiger partial charge on any atom is 0.234 e. The SMILES string of the molecule is CCc1ccc([C@H](NCC(=O)NCc2ccc(N(C)C)cc2)c2cccs2)cc1. The fraction of sp³-hybridized carbons (Fsp3) is 0.292. The average Bonchev–Trinajstić information content (AvgIpc) is 3.27. The highest BCUT2D eigenvalue weighted by molar-refractivity contribution is 7.10. The van der Waals surface area contributed by atoms with Crippen molar-refractivity contribution in [1.29, 1.82) is 0 Å². The highest BCUT2D eigenvalue weighted by Crippen LogP contribution is 2.26. The van der Waals surface area contributed by atoms with Gasteiger partial charge in [-0.05, 0) is 46.7 Å². The lowest BCUT2D eigenvalue weighted by molar-refractivity contribution is -0.120. The fourth-order valence-corrected chi connectivity index (χ4v) is 3.98. The predicted octanol–water partition coefficient (Wildman–Crippen LogP) is 4.37. The van der Waals surface area contributed by atoms with Crippen molar-refractivity contribution in [1.82, 2.24) is 10.6 Å². The highest BCUT2D eigenvalue weighted by Gasteiger charge is 2.16. The molecule has 0 fully saturated rings. The van der Waals surface area contributed by atoms with Crippen LogP contribution in [0.3, 0.4) is 0 Å². The molecule has 0 aliphatic heterocycles. The highest BCUT2D eigenvalue weighted by atomic mass is 32.1. The zero-order chi connectivity index (χ0) is 20.6. The number of aryl methyl sites for hydroxylation is 1. The maximum absolute atomic E-state index is 12.4. The number of carbonyl (C=O) groups is 1. The molecule has 2 aromatic carbocycles. The minimum Gasteiger partial charge on any atom is -0.378 e. The molecule has 4 nitrogen and oxygen atoms in total. The second-order valence-electron chi connectivity index (χ2n) is 7.26. The van der Waals surface area contributed by atoms with Gasteiger partial charge in [0.1, 0.15) is 0 Å². The standard InChI is InChI=1S/C24H29N3OS/c1-4-18-7-11-20(12-8-18)24(22-6-5-15-29-22)26-17-23(28)25-16-19-9-13-21(14-10-19)27(2)3/h5-15,24,26H,4,16-17H2,1-3H3,(H,25,28)/t24-/m0/s1. The van der Waals surface area contributed by atoms with E-state index in [2.05, 4.69) is 70.3 Å². The van der Waals surface area contributed by atoms with Gasteiger partial charge >= 0.3 is 0 Å². The van der Waals surface area contributed by atoms with Gasteiger partial charge in [0, 0.05) is 31.2 Å². The number of rotatable bonds is 9. The zero-order valence-electron chi connectivity index (χ0n) is 17.3. The number of amides is 1. The third-order valence-corrected chi connectivity index (χ3v) is 5.90. The number of carbonyl (C=O) groups excluding carboxylic acids is 1. The van der Waals surface area contributed by atoms with E-state index in [1.807, 2.05) is 32.3 Å². The molecule has 5 heteroatoms. The molecule has 3 aromatic rings. The molecule has 0 bridgehead atoms. The van der Waals surface area contributed by atoms with Crippen molar-refractivity contribution < 1.29 is 4.79 Å². The summed E-state index contributed by atoms with van der Waals surface area (Å²) in [7, 11) is 4.03. The number of anilines is 1. The molecule has 0 saturated carbocycles. The predicted molar refractivity (Wildman–Crippen MR) is 123 cm³/mol. The molecule has 1 amide bonds. The summed E-state index contributed by atoms with van der Waals surface area (Å²) >= 11 is 1.70. The summed E-state index contributed by atoms with van der Waals surface area (Å²) in [5.41, 5.74) is 4.73. The van der Waals surface area contributed by atoms with Gasteiger partial charge in [0.05, 0.1) is 12.6 Å². The maximum atomic E-state index is 12.4. The largest absolute Gasteiger partial charge is 0.378 e. The molecule has 0 radical (unpaired) electrons. The number of hydrogen-bond acceptors (Lipinski definition) is 4. The first-order valence-corrected chi connectivity index (χ1v) is 10.8. The van der Waals surface area contributed by atoms with Crippen molar-refractivity contribution in [2.75, 3.05) is 25.5 Å². The molecule has 0 unspecified atom stereocenters. The van der Waals surface area contributed by atoms with Gasteiger partial charge in [0.2, 0.25) is 5.91 Å². The van der Waals surface area contributed by atoms with E-state index in [-0.39, 0.29) is 18.5 Å². The van der Waals surface area contributed by atoms with Crippen molar-refractivity contribution in [3.8, 4) is 0 Å². The van der Waals surface area contributed by atoms with Gasteiger partial charge in [0.25, 0.3) is 0 Å². The number of nitrogens with one attached hydrogen (secondary N) is 2. The first-order valence-electron chi connectivity index (χ1n) is 9.95. The summed E-state index contributed by atoms with van der Waals surface area (Å²) in [6, 6.07) is 21.0. The van der Waals surface area contributed by atoms with Gasteiger partial charge in [0.15, 0.2) is 0 Å². The van der Waals surface area contributed by atoms with Crippen LogP contribution in [0.25, 0.3) is 0 Å². The molecule has 2 N–H and O–H groups in total. The van der Waals surface area contributed by atoms with Crippen LogP contribution >= 0.6 is 11.3 Å². The van der Waals surface area contributed by atoms with Crippen LogP contribution in [0.2, 0.25) is 0 Å². The Bertz CT molecular complexity index is 887. The molecule has 152 valence electrons. The van der Waals surface area contributed by atoms with E-state index in [1.54, 1.807) is 11.3 Å². The van der Waals surface area contributed by atoms with Crippen LogP contribution in [0, 0.1) is 0 Å². The lowest BCUT2D eigenvalue weighted by Gasteiger charge is -2.18. The average molecular weight is 408 g/mol. The first kappa shape index (κ1) is 21.1. The van der Waals surface area contributed by atoms with Crippen molar-refractivity contribution in [3.05, 3.63) is 87.6 Å². The van der Waals surface area contributed by atoms with Crippen LogP contribution in [0.4, 0.5) is 5.69 Å². The van der Waals surface area contributed by atoms with Gasteiger partial charge in [-0.25, -0.2) is 0 Å². The van der Waals surface area contributed by atoms with Crippen LogP contribution in [-0.4, -0.2) is 26.5 Å². The normalized spacial score (nSPS) is 11.8. The van der Waals surface area contributed by atoms with Gasteiger partial charge in [-0.15, -0.1) is 11.3 Å². The van der Waals surface area contributed by atoms with E-state index >= 15 is 0 Å². The Balaban J connectivity index is 1.58. The van der Waals surface area contributed by atoms with E-state index in [4.69, 9.17) is 0 Å². The van der Waals surface area contributed by atoms with Crippen LogP contribution in [-0.2, 0) is 17.8 Å². The number of nitrogens with zero attached hydrogens (tertiary/aromatic N) is 1. The Morgan fingerprint density at radius 2 is 1.69 bits per heavy atom. The van der Waals surface area contributed by atoms with E-state index < -0.39 is 0 Å². The Hall–Kier alpha value is -2.63. The molecular formula is C24H29N3OS. The lowest BCUT2D eigenvalue weighted by atomic mass is 10.0. The first-order chi connectivity index (χ1) is 14.1. The molecule has 0 aliphatic carbocycles. The summed E-state index contributed by atoms with van der Waals surface area (Å²) in [5, 5.41) is 8.51. The van der Waals surface area contributed by atoms with Gasteiger partial charge in [-0.2, -0.15) is 0 Å². The molecular weight excluding hydrogens is 378 g/mol. The smallest absolute Gasteiger partial charge is 0.234 e. The summed E-state index contributed by atoms with van der Waals surface area (Å²) in [6.07, 6.45) is 1.02. The molecule has 1 heterocycles. The van der Waals surface area contributed by atoms with E-state index in [0.29, 0.717) is 6.54 Å². The second-order valence-corrected chi connectivity index (χ2v) is 8.24. The zero-order valence-corrected chi connectivity index (χ0v) is 18.1. The Labute approximate surface area is 177 Å². The minimum absolute atomic E-state index is 0.00609. The van der Waals surface area contributed by atoms with Crippen LogP contribution in [0.5, 0.6) is 0 Å². The van der Waals surface area contributed by atoms with Crippen LogP contribution in [0.1, 0.15) is 34.5 Å². The Morgan fingerprint density at radius 1 is 1.00 bits per heavy atom. The molecule has 0 saturated heterocycles. The lowest BCUT2D eigenvalue weighted by Crippen LogP contribution is -2.35. The molecule has 1 aromatic heterocycles. The summed E-state index contributed by atoms with van der Waals surface area (Å²) in [5.74, 6) is -0.00609. The molecule has 0 spiro atoms. The summed E-state index contributed by atoms with van der Waals surface area (Å²) in [4.78, 5) is 15.7. The molecule has 29 heavy (non-hydrogen) atoms. The van der Waals surface area contributed by atoms with E-state index in [0.717, 1.165) is 17.7 Å². The minimum atomic E-state index is -0.00609. The molecule has 0 aliphatic rings. The van der Waals surface area contributed by atoms with Crippen molar-refractivity contribution in [2.45, 2.75) is 25.9 Å². The Kier molecular flexibility index (Phi) is 7.44. The number of benzene rings is 2. The summed E-state index contributed by atoms with van der Waals surface area (Å²) in [6.45, 7) is 2.96. The Morgan fingerprint density at radius 3 is 2.28 bits per heavy atom. The van der Waals surface area contributed by atoms with Crippen molar-refractivity contribution in [3.63, 3.8) is 0 Å². The third-order valence-electron chi connectivity index (χ3n) is 4.96. The van der Waals surface area contributed by atoms with Crippen molar-refractivity contribution in [2.24, 2.45) is 0 Å². The third kappa shape index (κ3) is 5.92. The summed E-state index contributed by atoms with van der Waals surface area (Å²) < 4.78 is 0. The number of thiophene rings is 1. The van der Waals surface area contributed by atoms with Crippen molar-refractivity contribution >= 4 is 22.9 Å². The number of hydrogen-bond donors (Lipinski definition) is 2. The van der Waals surface area contributed by atoms with Gasteiger partial charge in [-0.3, -0.25) is 10.1 Å². The van der Waals surface area contributed by atoms with Gasteiger partial charge in [-0.1, -0.05) is 49.4 Å². The quantitative estimate of drug-likeness (QED) is 0.554. The molecule has 1 atom stereocenters. The molecule has 3 rings (SSSR count). The van der Waals surface area contributed by atoms with Gasteiger partial charge < -0.3 is 10.2 Å². The monoisotopic (exact) mass is 407 g/mol. The van der Waals surface area contributed by atoms with E-state index in [1.165, 1.54) is 16.0 Å². The topological polar surface area (TPSA) is 44.4 Å². The van der Waals surface area contributed by atoms with Crippen LogP contribution < -0.4 is 15.5 Å². The van der Waals surface area contributed by atoms with E-state index in [9.17, 15) is 4.79 Å². The fourth-order valence-electron chi connectivity index (χ4n) is 3.15. The second kappa shape index (κ2) is 10.2. The van der Waals surface area contributed by atoms with Crippen LogP contribution in [0.15, 0.2) is 66.0 Å².